The molecular formula is C18H14N2O4S. The van der Waals surface area contributed by atoms with Crippen LogP contribution in [0, 0.1) is 10.1 Å². The number of nitro benzene ring substituents is 1. The fourth-order valence-corrected chi connectivity index (χ4v) is 4.13. The van der Waals surface area contributed by atoms with Gasteiger partial charge in [-0.1, -0.05) is 48.5 Å². The van der Waals surface area contributed by atoms with Gasteiger partial charge < -0.3 is 0 Å². The lowest BCUT2D eigenvalue weighted by atomic mass is 10.3. The predicted molar refractivity (Wildman–Crippen MR) is 95.3 cm³/mol. The van der Waals surface area contributed by atoms with Crippen molar-refractivity contribution < 1.29 is 13.3 Å². The first-order chi connectivity index (χ1) is 12.0. The van der Waals surface area contributed by atoms with Crippen LogP contribution in [0.3, 0.4) is 0 Å². The summed E-state index contributed by atoms with van der Waals surface area (Å²) in [5, 5.41) is 11.3. The Bertz CT molecular complexity index is 950. The molecule has 3 rings (SSSR count). The van der Waals surface area contributed by atoms with Crippen molar-refractivity contribution in [2.24, 2.45) is 0 Å². The van der Waals surface area contributed by atoms with Crippen molar-refractivity contribution >= 4 is 27.1 Å². The summed E-state index contributed by atoms with van der Waals surface area (Å²) < 4.78 is 27.7. The summed E-state index contributed by atoms with van der Waals surface area (Å²) in [6, 6.07) is 22.3. The van der Waals surface area contributed by atoms with Gasteiger partial charge in [0.05, 0.1) is 16.3 Å². The zero-order valence-corrected chi connectivity index (χ0v) is 13.8. The van der Waals surface area contributed by atoms with E-state index >= 15 is 0 Å². The van der Waals surface area contributed by atoms with Crippen LogP contribution in [0.25, 0.3) is 0 Å². The first-order valence-electron chi connectivity index (χ1n) is 7.40. The van der Waals surface area contributed by atoms with Crippen LogP contribution in [-0.4, -0.2) is 13.3 Å². The van der Waals surface area contributed by atoms with E-state index in [2.05, 4.69) is 0 Å². The highest BCUT2D eigenvalue weighted by molar-refractivity contribution is 7.93. The molecule has 0 aliphatic heterocycles. The first kappa shape index (κ1) is 16.7. The summed E-state index contributed by atoms with van der Waals surface area (Å²) in [5.41, 5.74) is 0.332. The van der Waals surface area contributed by atoms with Crippen LogP contribution in [-0.2, 0) is 10.0 Å². The smallest absolute Gasteiger partial charge is 0.258 e. The minimum absolute atomic E-state index is 0.354. The number of sulfonamides is 1. The average molecular weight is 354 g/mol. The molecule has 0 spiro atoms. The summed E-state index contributed by atoms with van der Waals surface area (Å²) in [5.74, 6) is 0. The zero-order chi connectivity index (χ0) is 17.9. The molecule has 3 aromatic rings. The van der Waals surface area contributed by atoms with Crippen molar-refractivity contribution in [2.75, 3.05) is 4.31 Å². The SMILES string of the molecule is O=[N+]([O-])c1ccccc1S(=O)(=O)N(c1ccccc1)c1ccccc1. The number of rotatable bonds is 5. The highest BCUT2D eigenvalue weighted by Crippen LogP contribution is 2.35. The van der Waals surface area contributed by atoms with E-state index in [0.29, 0.717) is 11.4 Å². The average Bonchev–Trinajstić information content (AvgIpc) is 2.63. The molecule has 0 heterocycles. The van der Waals surface area contributed by atoms with Gasteiger partial charge in [-0.15, -0.1) is 0 Å². The van der Waals surface area contributed by atoms with Gasteiger partial charge in [-0.3, -0.25) is 10.1 Å². The molecule has 0 radical (unpaired) electrons. The zero-order valence-electron chi connectivity index (χ0n) is 13.0. The lowest BCUT2D eigenvalue weighted by Gasteiger charge is -2.24. The van der Waals surface area contributed by atoms with Crippen molar-refractivity contribution in [3.8, 4) is 0 Å². The van der Waals surface area contributed by atoms with Crippen molar-refractivity contribution in [3.63, 3.8) is 0 Å². The van der Waals surface area contributed by atoms with Gasteiger partial charge in [0, 0.05) is 6.07 Å². The molecule has 0 bridgehead atoms. The Morgan fingerprint density at radius 3 is 1.64 bits per heavy atom. The molecule has 0 aromatic heterocycles. The number of nitrogens with zero attached hydrogens (tertiary/aromatic N) is 2. The number of nitro groups is 1. The molecule has 0 amide bonds. The molecule has 7 heteroatoms. The second-order valence-electron chi connectivity index (χ2n) is 5.17. The van der Waals surface area contributed by atoms with Gasteiger partial charge in [0.1, 0.15) is 0 Å². The van der Waals surface area contributed by atoms with Crippen LogP contribution in [0.2, 0.25) is 0 Å². The second kappa shape index (κ2) is 6.74. The molecule has 0 atom stereocenters. The summed E-state index contributed by atoms with van der Waals surface area (Å²) in [6.45, 7) is 0. The van der Waals surface area contributed by atoms with E-state index in [0.717, 1.165) is 4.31 Å². The maximum Gasteiger partial charge on any atom is 0.289 e. The van der Waals surface area contributed by atoms with E-state index in [4.69, 9.17) is 0 Å². The van der Waals surface area contributed by atoms with Gasteiger partial charge in [-0.2, -0.15) is 0 Å². The third-order valence-electron chi connectivity index (χ3n) is 3.56. The Labute approximate surface area is 145 Å². The summed E-state index contributed by atoms with van der Waals surface area (Å²) in [7, 11) is -4.19. The highest BCUT2D eigenvalue weighted by Gasteiger charge is 2.32. The molecule has 0 aliphatic carbocycles. The number of anilines is 2. The number of para-hydroxylation sites is 3. The van der Waals surface area contributed by atoms with Crippen LogP contribution >= 0.6 is 0 Å². The van der Waals surface area contributed by atoms with Gasteiger partial charge in [0.2, 0.25) is 0 Å². The summed E-state index contributed by atoms with van der Waals surface area (Å²) in [6.07, 6.45) is 0. The van der Waals surface area contributed by atoms with Crippen LogP contribution < -0.4 is 4.31 Å². The molecule has 126 valence electrons. The lowest BCUT2D eigenvalue weighted by Crippen LogP contribution is -2.26. The Morgan fingerprint density at radius 2 is 1.16 bits per heavy atom. The molecule has 0 saturated carbocycles. The third kappa shape index (κ3) is 3.22. The number of hydrogen-bond donors (Lipinski definition) is 0. The van der Waals surface area contributed by atoms with Crippen molar-refractivity contribution in [1.29, 1.82) is 0 Å². The Balaban J connectivity index is 2.25. The molecule has 0 aliphatic rings. The molecule has 0 fully saturated rings. The van der Waals surface area contributed by atoms with E-state index in [-0.39, 0.29) is 4.90 Å². The maximum absolute atomic E-state index is 13.3. The van der Waals surface area contributed by atoms with E-state index in [1.807, 2.05) is 0 Å². The lowest BCUT2D eigenvalue weighted by molar-refractivity contribution is -0.387. The van der Waals surface area contributed by atoms with Gasteiger partial charge in [0.25, 0.3) is 15.7 Å². The van der Waals surface area contributed by atoms with E-state index < -0.39 is 20.6 Å². The number of hydrogen-bond acceptors (Lipinski definition) is 4. The van der Waals surface area contributed by atoms with E-state index in [1.165, 1.54) is 24.3 Å². The predicted octanol–water partition coefficient (Wildman–Crippen LogP) is 4.12. The molecule has 0 saturated heterocycles. The fraction of sp³-hybridized carbons (Fsp3) is 0. The molecular weight excluding hydrogens is 340 g/mol. The largest absolute Gasteiger partial charge is 0.289 e. The normalized spacial score (nSPS) is 11.0. The maximum atomic E-state index is 13.3. The minimum Gasteiger partial charge on any atom is -0.258 e. The Hall–Kier alpha value is -3.19. The minimum atomic E-state index is -4.19. The molecule has 6 nitrogen and oxygen atoms in total. The Kier molecular flexibility index (Phi) is 4.49. The fourth-order valence-electron chi connectivity index (χ4n) is 2.48. The molecule has 3 aromatic carbocycles. The second-order valence-corrected chi connectivity index (χ2v) is 6.92. The monoisotopic (exact) mass is 354 g/mol. The summed E-state index contributed by atoms with van der Waals surface area (Å²) in [4.78, 5) is 10.2. The van der Waals surface area contributed by atoms with E-state index in [1.54, 1.807) is 60.7 Å². The molecule has 0 N–H and O–H groups in total. The number of benzene rings is 3. The van der Waals surface area contributed by atoms with Crippen LogP contribution in [0.1, 0.15) is 0 Å². The topological polar surface area (TPSA) is 80.5 Å². The van der Waals surface area contributed by atoms with Crippen LogP contribution in [0.15, 0.2) is 89.8 Å². The van der Waals surface area contributed by atoms with Crippen molar-refractivity contribution in [1.82, 2.24) is 0 Å². The van der Waals surface area contributed by atoms with Gasteiger partial charge >= 0.3 is 0 Å². The Morgan fingerprint density at radius 1 is 0.720 bits per heavy atom. The molecule has 25 heavy (non-hydrogen) atoms. The van der Waals surface area contributed by atoms with E-state index in [9.17, 15) is 18.5 Å². The quantitative estimate of drug-likeness (QED) is 0.510. The molecule has 0 unspecified atom stereocenters. The van der Waals surface area contributed by atoms with Gasteiger partial charge in [-0.25, -0.2) is 12.7 Å². The van der Waals surface area contributed by atoms with Gasteiger partial charge in [0.15, 0.2) is 4.90 Å². The first-order valence-corrected chi connectivity index (χ1v) is 8.84. The van der Waals surface area contributed by atoms with Crippen molar-refractivity contribution in [3.05, 3.63) is 95.0 Å². The van der Waals surface area contributed by atoms with Gasteiger partial charge in [-0.05, 0) is 30.3 Å². The summed E-state index contributed by atoms with van der Waals surface area (Å²) >= 11 is 0. The van der Waals surface area contributed by atoms with Crippen molar-refractivity contribution in [2.45, 2.75) is 4.90 Å². The standard InChI is InChI=1S/C18H14N2O4S/c21-20(22)17-13-7-8-14-18(17)25(23,24)19(15-9-3-1-4-10-15)16-11-5-2-6-12-16/h1-14H. The van der Waals surface area contributed by atoms with Crippen LogP contribution in [0.5, 0.6) is 0 Å². The highest BCUT2D eigenvalue weighted by atomic mass is 32.2. The van der Waals surface area contributed by atoms with Crippen LogP contribution in [0.4, 0.5) is 17.1 Å². The third-order valence-corrected chi connectivity index (χ3v) is 5.37.